The van der Waals surface area contributed by atoms with Crippen molar-refractivity contribution in [2.75, 3.05) is 20.3 Å². The number of esters is 4. The number of carbonyl (C=O) groups is 6. The van der Waals surface area contributed by atoms with Crippen LogP contribution in [0.2, 0.25) is 5.02 Å². The van der Waals surface area contributed by atoms with Gasteiger partial charge in [0.1, 0.15) is 12.2 Å². The second kappa shape index (κ2) is 17.3. The predicted molar refractivity (Wildman–Crippen MR) is 170 cm³/mol. The molecule has 260 valence electrons. The van der Waals surface area contributed by atoms with E-state index in [4.69, 9.17) is 35.3 Å². The van der Waals surface area contributed by atoms with Crippen LogP contribution >= 0.6 is 23.4 Å². The molecule has 1 saturated heterocycles. The summed E-state index contributed by atoms with van der Waals surface area (Å²) in [6, 6.07) is 11.4. The molecule has 2 aromatic rings. The molecule has 48 heavy (non-hydrogen) atoms. The quantitative estimate of drug-likeness (QED) is 0.230. The van der Waals surface area contributed by atoms with Gasteiger partial charge < -0.3 is 34.3 Å². The summed E-state index contributed by atoms with van der Waals surface area (Å²) >= 11 is 6.81. The number of rotatable bonds is 13. The highest BCUT2D eigenvalue weighted by Crippen LogP contribution is 2.46. The summed E-state index contributed by atoms with van der Waals surface area (Å²) < 4.78 is 41.8. The number of hydrogen-bond acceptors (Lipinski definition) is 12. The van der Waals surface area contributed by atoms with Crippen molar-refractivity contribution in [2.24, 2.45) is 0 Å². The summed E-state index contributed by atoms with van der Waals surface area (Å²) in [5.41, 5.74) is 1.11. The fourth-order valence-corrected chi connectivity index (χ4v) is 6.37. The fourth-order valence-electron chi connectivity index (χ4n) is 5.02. The van der Waals surface area contributed by atoms with Crippen LogP contribution in [0.5, 0.6) is 0 Å². The molecule has 16 heteroatoms. The lowest BCUT2D eigenvalue weighted by molar-refractivity contribution is -0.220. The molecule has 2 N–H and O–H groups in total. The number of carbonyl (C=O) groups excluding carboxylic acids is 6. The number of alkyl halides is 1. The smallest absolute Gasteiger partial charge is 0.349 e. The van der Waals surface area contributed by atoms with Gasteiger partial charge in [0.2, 0.25) is 4.93 Å². The largest absolute Gasteiger partial charge is 0.466 e. The molecule has 0 bridgehead atoms. The Bertz CT molecular complexity index is 1490. The molecule has 0 unspecified atom stereocenters. The van der Waals surface area contributed by atoms with Gasteiger partial charge in [0, 0.05) is 42.7 Å². The molecule has 0 aliphatic carbocycles. The predicted octanol–water partition coefficient (Wildman–Crippen LogP) is 3.08. The molecule has 6 atom stereocenters. The van der Waals surface area contributed by atoms with Crippen molar-refractivity contribution in [3.8, 4) is 0 Å². The number of nitrogens with one attached hydrogen (secondary N) is 2. The van der Waals surface area contributed by atoms with Gasteiger partial charge in [-0.05, 0) is 43.3 Å². The van der Waals surface area contributed by atoms with E-state index in [0.717, 1.165) is 45.2 Å². The first-order valence-electron chi connectivity index (χ1n) is 14.6. The van der Waals surface area contributed by atoms with Crippen molar-refractivity contribution in [1.82, 2.24) is 10.6 Å². The van der Waals surface area contributed by atoms with Crippen LogP contribution in [-0.2, 0) is 47.7 Å². The second-order valence-electron chi connectivity index (χ2n) is 10.8. The average Bonchev–Trinajstić information content (AvgIpc) is 3.03. The number of halogens is 2. The summed E-state index contributed by atoms with van der Waals surface area (Å²) in [7, 11) is 1.10. The van der Waals surface area contributed by atoms with Crippen molar-refractivity contribution in [3.05, 3.63) is 64.7 Å². The van der Waals surface area contributed by atoms with Crippen molar-refractivity contribution < 1.29 is 56.8 Å². The summed E-state index contributed by atoms with van der Waals surface area (Å²) in [4.78, 5) is 74.8. The normalized spacial score (nSPS) is 21.5. The van der Waals surface area contributed by atoms with Gasteiger partial charge in [-0.2, -0.15) is 0 Å². The third-order valence-electron chi connectivity index (χ3n) is 7.00. The number of aryl methyl sites for hydroxylation is 1. The lowest BCUT2D eigenvalue weighted by atomic mass is 9.89. The average molecular weight is 711 g/mol. The molecule has 1 heterocycles. The minimum absolute atomic E-state index is 0.196. The molecule has 0 saturated carbocycles. The summed E-state index contributed by atoms with van der Waals surface area (Å²) in [5.74, 6) is -5.30. The molecule has 13 nitrogen and oxygen atoms in total. The van der Waals surface area contributed by atoms with Crippen molar-refractivity contribution in [3.63, 3.8) is 0 Å². The van der Waals surface area contributed by atoms with E-state index in [1.54, 1.807) is 24.3 Å². The van der Waals surface area contributed by atoms with Crippen LogP contribution in [0.1, 0.15) is 43.1 Å². The van der Waals surface area contributed by atoms with E-state index in [-0.39, 0.29) is 5.56 Å². The Morgan fingerprint density at radius 3 is 2.15 bits per heavy atom. The van der Waals surface area contributed by atoms with Gasteiger partial charge in [-0.1, -0.05) is 41.1 Å². The monoisotopic (exact) mass is 710 g/mol. The molecule has 1 aliphatic rings. The number of ether oxygens (including phenoxy) is 5. The minimum Gasteiger partial charge on any atom is -0.466 e. The SMILES string of the molecule is COC(=O)[C@]1(Sc2ccc(C)cc2)C[C@H](OC(C)=O)[C@@H](NC(=O)CF)[C@H]([C@H](OC(C)=O)[C@@H](CNC(=O)c2ccc(Cl)cc2)OC(C)=O)O1. The molecular formula is C32H36ClFN2O11S. The topological polar surface area (TPSA) is 173 Å². The van der Waals surface area contributed by atoms with Crippen molar-refractivity contribution in [1.29, 1.82) is 0 Å². The zero-order chi connectivity index (χ0) is 35.6. The van der Waals surface area contributed by atoms with Crippen LogP contribution in [0, 0.1) is 6.92 Å². The number of benzene rings is 2. The third-order valence-corrected chi connectivity index (χ3v) is 8.52. The Balaban J connectivity index is 2.17. The van der Waals surface area contributed by atoms with Crippen molar-refractivity contribution >= 4 is 59.1 Å². The van der Waals surface area contributed by atoms with Crippen LogP contribution in [-0.4, -0.2) is 91.4 Å². The first-order valence-corrected chi connectivity index (χ1v) is 15.8. The van der Waals surface area contributed by atoms with Gasteiger partial charge in [0.05, 0.1) is 19.7 Å². The summed E-state index contributed by atoms with van der Waals surface area (Å²) in [5, 5.41) is 5.36. The molecule has 3 rings (SSSR count). The Labute approximate surface area is 285 Å². The zero-order valence-electron chi connectivity index (χ0n) is 26.8. The second-order valence-corrected chi connectivity index (χ2v) is 12.5. The standard InChI is InChI=1S/C32H36ClFN2O11S/c1-17-6-12-23(13-7-17)48-32(31(42)43-5)14-24(44-18(2)37)27(36-26(40)15-34)29(47-32)28(46-20(4)39)25(45-19(3)38)16-35-30(41)21-8-10-22(33)11-9-21/h6-13,24-25,27-29H,14-16H2,1-5H3,(H,35,41)(H,36,40)/t24-,25+,27+,28+,29+,32+/m0/s1. The highest BCUT2D eigenvalue weighted by atomic mass is 35.5. The molecule has 0 spiro atoms. The molecule has 2 amide bonds. The van der Waals surface area contributed by atoms with Gasteiger partial charge in [0.25, 0.3) is 11.8 Å². The maximum atomic E-state index is 13.6. The van der Waals surface area contributed by atoms with Gasteiger partial charge >= 0.3 is 23.9 Å². The highest BCUT2D eigenvalue weighted by molar-refractivity contribution is 8.01. The number of hydrogen-bond donors (Lipinski definition) is 2. The van der Waals surface area contributed by atoms with E-state index in [0.29, 0.717) is 9.92 Å². The molecular weight excluding hydrogens is 675 g/mol. The Morgan fingerprint density at radius 2 is 1.60 bits per heavy atom. The van der Waals surface area contributed by atoms with Crippen LogP contribution < -0.4 is 10.6 Å². The lowest BCUT2D eigenvalue weighted by Crippen LogP contribution is -2.68. The maximum absolute atomic E-state index is 13.6. The van der Waals surface area contributed by atoms with Crippen LogP contribution in [0.15, 0.2) is 53.4 Å². The van der Waals surface area contributed by atoms with Crippen LogP contribution in [0.25, 0.3) is 0 Å². The molecule has 0 radical (unpaired) electrons. The van der Waals surface area contributed by atoms with Crippen LogP contribution in [0.4, 0.5) is 4.39 Å². The maximum Gasteiger partial charge on any atom is 0.349 e. The zero-order valence-corrected chi connectivity index (χ0v) is 28.4. The van der Waals surface area contributed by atoms with Crippen LogP contribution in [0.3, 0.4) is 0 Å². The minimum atomic E-state index is -2.02. The number of amides is 2. The Morgan fingerprint density at radius 1 is 0.979 bits per heavy atom. The van der Waals surface area contributed by atoms with Gasteiger partial charge in [0.15, 0.2) is 18.9 Å². The molecule has 0 aromatic heterocycles. The van der Waals surface area contributed by atoms with E-state index in [1.165, 1.54) is 24.3 Å². The summed E-state index contributed by atoms with van der Waals surface area (Å²) in [6.07, 6.45) is -6.69. The van der Waals surface area contributed by atoms with Gasteiger partial charge in [-0.15, -0.1) is 0 Å². The van der Waals surface area contributed by atoms with Gasteiger partial charge in [-0.3, -0.25) is 24.0 Å². The first-order chi connectivity index (χ1) is 22.7. The summed E-state index contributed by atoms with van der Waals surface area (Å²) in [6.45, 7) is 3.09. The lowest BCUT2D eigenvalue weighted by Gasteiger charge is -2.48. The third kappa shape index (κ3) is 10.4. The van der Waals surface area contributed by atoms with Crippen molar-refractivity contribution in [2.45, 2.75) is 74.4 Å². The first kappa shape index (κ1) is 38.2. The van der Waals surface area contributed by atoms with E-state index in [1.807, 2.05) is 6.92 Å². The molecule has 1 aliphatic heterocycles. The highest BCUT2D eigenvalue weighted by Gasteiger charge is 2.58. The Hall–Kier alpha value is -4.21. The van der Waals surface area contributed by atoms with E-state index < -0.39 is 90.7 Å². The Kier molecular flexibility index (Phi) is 13.8. The molecule has 1 fully saturated rings. The molecule has 2 aromatic carbocycles. The van der Waals surface area contributed by atoms with Gasteiger partial charge in [-0.25, -0.2) is 9.18 Å². The fraction of sp³-hybridized carbons (Fsp3) is 0.438. The van der Waals surface area contributed by atoms with E-state index in [9.17, 15) is 33.2 Å². The van der Waals surface area contributed by atoms with E-state index >= 15 is 0 Å². The number of methoxy groups -OCH3 is 1. The van der Waals surface area contributed by atoms with E-state index in [2.05, 4.69) is 10.6 Å². The number of thioether (sulfide) groups is 1.